The van der Waals surface area contributed by atoms with E-state index in [1.807, 2.05) is 59.5 Å². The van der Waals surface area contributed by atoms with Gasteiger partial charge in [0.25, 0.3) is 0 Å². The number of urea groups is 1. The molecule has 0 bridgehead atoms. The van der Waals surface area contributed by atoms with Gasteiger partial charge in [0.15, 0.2) is 0 Å². The van der Waals surface area contributed by atoms with Crippen molar-refractivity contribution in [2.75, 3.05) is 11.9 Å². The fraction of sp³-hybridized carbons (Fsp3) is 0.333. The molecule has 5 heteroatoms. The zero-order valence-electron chi connectivity index (χ0n) is 14.6. The molecule has 1 aliphatic rings. The number of likely N-dealkylation sites (tertiary alicyclic amines) is 1. The Balaban J connectivity index is 1.60. The normalized spacial score (nSPS) is 17.5. The van der Waals surface area contributed by atoms with Gasteiger partial charge in [0.1, 0.15) is 0 Å². The van der Waals surface area contributed by atoms with Crippen LogP contribution >= 0.6 is 0 Å². The highest BCUT2D eigenvalue weighted by atomic mass is 16.3. The highest BCUT2D eigenvalue weighted by Crippen LogP contribution is 2.28. The van der Waals surface area contributed by atoms with Gasteiger partial charge in [-0.1, -0.05) is 42.5 Å². The molecule has 1 aliphatic heterocycles. The molecule has 2 aromatic rings. The molecule has 1 fully saturated rings. The molecule has 0 saturated carbocycles. The lowest BCUT2D eigenvalue weighted by atomic mass is 10.0. The van der Waals surface area contributed by atoms with Crippen molar-refractivity contribution in [3.63, 3.8) is 0 Å². The van der Waals surface area contributed by atoms with Crippen molar-refractivity contribution in [3.8, 4) is 6.07 Å². The van der Waals surface area contributed by atoms with Crippen molar-refractivity contribution in [2.24, 2.45) is 0 Å². The van der Waals surface area contributed by atoms with Gasteiger partial charge < -0.3 is 15.3 Å². The lowest BCUT2D eigenvalue weighted by molar-refractivity contribution is 0.130. The van der Waals surface area contributed by atoms with Crippen LogP contribution in [0.5, 0.6) is 0 Å². The number of hydrogen-bond acceptors (Lipinski definition) is 3. The zero-order chi connectivity index (χ0) is 18.4. The number of nitrogens with one attached hydrogen (secondary N) is 1. The highest BCUT2D eigenvalue weighted by Gasteiger charge is 2.30. The second kappa shape index (κ2) is 8.50. The summed E-state index contributed by atoms with van der Waals surface area (Å²) in [7, 11) is 0. The first kappa shape index (κ1) is 18.0. The molecule has 2 aromatic carbocycles. The van der Waals surface area contributed by atoms with E-state index in [0.717, 1.165) is 24.0 Å². The molecule has 1 saturated heterocycles. The van der Waals surface area contributed by atoms with E-state index in [0.29, 0.717) is 25.1 Å². The van der Waals surface area contributed by atoms with Crippen LogP contribution in [0, 0.1) is 11.3 Å². The third-order valence-corrected chi connectivity index (χ3v) is 4.81. The minimum Gasteiger partial charge on any atom is -0.388 e. The predicted molar refractivity (Wildman–Crippen MR) is 101 cm³/mol. The topological polar surface area (TPSA) is 76.4 Å². The van der Waals surface area contributed by atoms with Gasteiger partial charge in [0.2, 0.25) is 0 Å². The zero-order valence-corrected chi connectivity index (χ0v) is 14.6. The van der Waals surface area contributed by atoms with Crippen LogP contribution in [0.15, 0.2) is 54.6 Å². The highest BCUT2D eigenvalue weighted by molar-refractivity contribution is 5.89. The summed E-state index contributed by atoms with van der Waals surface area (Å²) < 4.78 is 0. The van der Waals surface area contributed by atoms with Gasteiger partial charge in [-0.05, 0) is 42.5 Å². The summed E-state index contributed by atoms with van der Waals surface area (Å²) in [6.07, 6.45) is 2.18. The van der Waals surface area contributed by atoms with Crippen molar-refractivity contribution in [1.29, 1.82) is 5.26 Å². The standard InChI is InChI=1S/C21H23N3O2/c22-13-12-16-8-10-18(11-9-16)23-21(26)24-14-4-7-19(24)15-20(25)17-5-2-1-3-6-17/h1-3,5-6,8-11,19-20,25H,4,7,12,14-15H2,(H,23,26)/t19-,20+/m0/s1. The maximum atomic E-state index is 12.6. The molecular weight excluding hydrogens is 326 g/mol. The first-order chi connectivity index (χ1) is 12.7. The molecule has 0 radical (unpaired) electrons. The molecule has 2 atom stereocenters. The van der Waals surface area contributed by atoms with Crippen LogP contribution in [-0.2, 0) is 6.42 Å². The maximum absolute atomic E-state index is 12.6. The van der Waals surface area contributed by atoms with Gasteiger partial charge in [-0.25, -0.2) is 4.79 Å². The van der Waals surface area contributed by atoms with Crippen LogP contribution in [0.2, 0.25) is 0 Å². The quantitative estimate of drug-likeness (QED) is 0.860. The van der Waals surface area contributed by atoms with E-state index in [2.05, 4.69) is 11.4 Å². The summed E-state index contributed by atoms with van der Waals surface area (Å²) in [6.45, 7) is 0.699. The Labute approximate surface area is 153 Å². The number of carbonyl (C=O) groups is 1. The van der Waals surface area contributed by atoms with Crippen molar-refractivity contribution >= 4 is 11.7 Å². The molecule has 5 nitrogen and oxygen atoms in total. The first-order valence-electron chi connectivity index (χ1n) is 8.94. The molecule has 0 aliphatic carbocycles. The fourth-order valence-electron chi connectivity index (χ4n) is 3.41. The van der Waals surface area contributed by atoms with Crippen LogP contribution < -0.4 is 5.32 Å². The molecule has 0 aromatic heterocycles. The number of aliphatic hydroxyl groups is 1. The Kier molecular flexibility index (Phi) is 5.88. The number of anilines is 1. The minimum absolute atomic E-state index is 0.0306. The molecule has 2 N–H and O–H groups in total. The summed E-state index contributed by atoms with van der Waals surface area (Å²) in [6, 6.07) is 18.9. The van der Waals surface area contributed by atoms with Gasteiger partial charge in [0, 0.05) is 18.3 Å². The maximum Gasteiger partial charge on any atom is 0.322 e. The Morgan fingerprint density at radius 2 is 1.96 bits per heavy atom. The van der Waals surface area contributed by atoms with Gasteiger partial charge in [0.05, 0.1) is 18.6 Å². The fourth-order valence-corrected chi connectivity index (χ4v) is 3.41. The SMILES string of the molecule is N#CCc1ccc(NC(=O)N2CCC[C@H]2C[C@@H](O)c2ccccc2)cc1. The molecule has 3 rings (SSSR count). The van der Waals surface area contributed by atoms with Crippen LogP contribution in [0.25, 0.3) is 0 Å². The van der Waals surface area contributed by atoms with Gasteiger partial charge in [-0.15, -0.1) is 0 Å². The number of benzene rings is 2. The molecular formula is C21H23N3O2. The van der Waals surface area contributed by atoms with E-state index in [1.165, 1.54) is 0 Å². The second-order valence-electron chi connectivity index (χ2n) is 6.61. The van der Waals surface area contributed by atoms with Gasteiger partial charge >= 0.3 is 6.03 Å². The van der Waals surface area contributed by atoms with E-state index >= 15 is 0 Å². The average Bonchev–Trinajstić information content (AvgIpc) is 3.12. The Bertz CT molecular complexity index is 768. The van der Waals surface area contributed by atoms with Gasteiger partial charge in [-0.2, -0.15) is 5.26 Å². The van der Waals surface area contributed by atoms with Crippen molar-refractivity contribution in [1.82, 2.24) is 4.90 Å². The Morgan fingerprint density at radius 3 is 2.65 bits per heavy atom. The van der Waals surface area contributed by atoms with E-state index in [1.54, 1.807) is 0 Å². The van der Waals surface area contributed by atoms with Gasteiger partial charge in [-0.3, -0.25) is 0 Å². The number of hydrogen-bond donors (Lipinski definition) is 2. The van der Waals surface area contributed by atoms with Crippen LogP contribution in [-0.4, -0.2) is 28.6 Å². The summed E-state index contributed by atoms with van der Waals surface area (Å²) >= 11 is 0. The minimum atomic E-state index is -0.570. The van der Waals surface area contributed by atoms with E-state index in [9.17, 15) is 9.90 Å². The number of nitriles is 1. The molecule has 26 heavy (non-hydrogen) atoms. The summed E-state index contributed by atoms with van der Waals surface area (Å²) in [5.74, 6) is 0. The number of amides is 2. The van der Waals surface area contributed by atoms with E-state index < -0.39 is 6.10 Å². The third-order valence-electron chi connectivity index (χ3n) is 4.81. The van der Waals surface area contributed by atoms with Crippen molar-refractivity contribution in [3.05, 3.63) is 65.7 Å². The molecule has 1 heterocycles. The number of rotatable bonds is 5. The van der Waals surface area contributed by atoms with Crippen molar-refractivity contribution in [2.45, 2.75) is 37.8 Å². The predicted octanol–water partition coefficient (Wildman–Crippen LogP) is 3.87. The third kappa shape index (κ3) is 4.41. The van der Waals surface area contributed by atoms with E-state index in [-0.39, 0.29) is 12.1 Å². The average molecular weight is 349 g/mol. The van der Waals surface area contributed by atoms with E-state index in [4.69, 9.17) is 5.26 Å². The number of aliphatic hydroxyl groups excluding tert-OH is 1. The number of nitrogens with zero attached hydrogens (tertiary/aromatic N) is 2. The Morgan fingerprint density at radius 1 is 1.23 bits per heavy atom. The molecule has 0 unspecified atom stereocenters. The second-order valence-corrected chi connectivity index (χ2v) is 6.61. The first-order valence-corrected chi connectivity index (χ1v) is 8.94. The largest absolute Gasteiger partial charge is 0.388 e. The number of carbonyl (C=O) groups excluding carboxylic acids is 1. The van der Waals surface area contributed by atoms with Crippen molar-refractivity contribution < 1.29 is 9.90 Å². The van der Waals surface area contributed by atoms with Crippen LogP contribution in [0.3, 0.4) is 0 Å². The summed E-state index contributed by atoms with van der Waals surface area (Å²) in [5, 5.41) is 22.1. The molecule has 2 amide bonds. The van der Waals surface area contributed by atoms with Crippen LogP contribution in [0.1, 0.15) is 36.5 Å². The lowest BCUT2D eigenvalue weighted by Crippen LogP contribution is -2.39. The molecule has 0 spiro atoms. The summed E-state index contributed by atoms with van der Waals surface area (Å²) in [5.41, 5.74) is 2.52. The molecule has 134 valence electrons. The summed E-state index contributed by atoms with van der Waals surface area (Å²) in [4.78, 5) is 14.4. The monoisotopic (exact) mass is 349 g/mol. The van der Waals surface area contributed by atoms with Crippen LogP contribution in [0.4, 0.5) is 10.5 Å². The smallest absolute Gasteiger partial charge is 0.322 e. The Hall–Kier alpha value is -2.84. The lowest BCUT2D eigenvalue weighted by Gasteiger charge is -2.27.